The van der Waals surface area contributed by atoms with Gasteiger partial charge < -0.3 is 29.0 Å². The van der Waals surface area contributed by atoms with Crippen molar-refractivity contribution >= 4 is 11.9 Å². The van der Waals surface area contributed by atoms with Gasteiger partial charge in [-0.15, -0.1) is 0 Å². The molecule has 188 valence electrons. The zero-order chi connectivity index (χ0) is 23.8. The molecule has 4 heterocycles. The van der Waals surface area contributed by atoms with E-state index >= 15 is 0 Å². The Hall–Kier alpha value is -1.30. The molecule has 5 aliphatic rings. The Morgan fingerprint density at radius 2 is 1.82 bits per heavy atom. The van der Waals surface area contributed by atoms with Crippen LogP contribution in [0.4, 0.5) is 0 Å². The lowest BCUT2D eigenvalue weighted by Gasteiger charge is -2.59. The number of hydrogen-bond acceptors (Lipinski definition) is 9. The molecule has 33 heavy (non-hydrogen) atoms. The second-order valence-corrected chi connectivity index (χ2v) is 9.97. The van der Waals surface area contributed by atoms with Crippen LogP contribution < -0.4 is 5.32 Å². The van der Waals surface area contributed by atoms with Crippen molar-refractivity contribution in [2.75, 3.05) is 20.8 Å². The molecule has 1 saturated carbocycles. The van der Waals surface area contributed by atoms with Crippen LogP contribution in [0.2, 0.25) is 0 Å². The number of nitrogens with one attached hydrogen (secondary N) is 1. The van der Waals surface area contributed by atoms with Crippen molar-refractivity contribution in [1.29, 1.82) is 0 Å². The number of carbonyl (C=O) groups is 2. The normalized spacial score (nSPS) is 41.9. The summed E-state index contributed by atoms with van der Waals surface area (Å²) in [5.41, 5.74) is -0.699. The van der Waals surface area contributed by atoms with Crippen LogP contribution in [0.3, 0.4) is 0 Å². The van der Waals surface area contributed by atoms with E-state index < -0.39 is 36.2 Å². The predicted octanol–water partition coefficient (Wildman–Crippen LogP) is 2.25. The number of methoxy groups -OCH3 is 2. The summed E-state index contributed by atoms with van der Waals surface area (Å²) in [5, 5.41) is 2.67. The molecule has 1 amide bonds. The molecule has 10 nitrogen and oxygen atoms in total. The van der Waals surface area contributed by atoms with Gasteiger partial charge in [0, 0.05) is 38.9 Å². The molecule has 0 radical (unpaired) electrons. The van der Waals surface area contributed by atoms with E-state index in [1.165, 1.54) is 14.2 Å². The van der Waals surface area contributed by atoms with Gasteiger partial charge in [-0.1, -0.05) is 13.8 Å². The Balaban J connectivity index is 1.38. The van der Waals surface area contributed by atoms with Gasteiger partial charge in [-0.25, -0.2) is 9.78 Å². The highest BCUT2D eigenvalue weighted by Crippen LogP contribution is 2.60. The van der Waals surface area contributed by atoms with E-state index in [-0.39, 0.29) is 43.0 Å². The van der Waals surface area contributed by atoms with Crippen molar-refractivity contribution < 1.29 is 43.0 Å². The van der Waals surface area contributed by atoms with Crippen molar-refractivity contribution in [3.63, 3.8) is 0 Å². The van der Waals surface area contributed by atoms with Gasteiger partial charge >= 0.3 is 5.97 Å². The summed E-state index contributed by atoms with van der Waals surface area (Å²) in [6.07, 6.45) is 1.61. The number of rotatable bonds is 8. The maximum atomic E-state index is 12.6. The van der Waals surface area contributed by atoms with Crippen LogP contribution in [0.15, 0.2) is 0 Å². The Bertz CT molecular complexity index is 731. The second-order valence-electron chi connectivity index (χ2n) is 9.97. The van der Waals surface area contributed by atoms with Gasteiger partial charge in [0.1, 0.15) is 0 Å². The van der Waals surface area contributed by atoms with Crippen LogP contribution in [0.25, 0.3) is 0 Å². The van der Waals surface area contributed by atoms with Gasteiger partial charge in [0.2, 0.25) is 18.0 Å². The van der Waals surface area contributed by atoms with Crippen molar-refractivity contribution in [2.24, 2.45) is 23.7 Å². The minimum atomic E-state index is -0.882. The van der Waals surface area contributed by atoms with Gasteiger partial charge in [-0.05, 0) is 38.0 Å². The third kappa shape index (κ3) is 4.66. The molecule has 0 aromatic carbocycles. The molecule has 1 N–H and O–H groups in total. The fourth-order valence-electron chi connectivity index (χ4n) is 5.96. The number of hydrogen-bond donors (Lipinski definition) is 1. The number of esters is 1. The van der Waals surface area contributed by atoms with Crippen molar-refractivity contribution in [1.82, 2.24) is 5.32 Å². The van der Waals surface area contributed by atoms with E-state index in [1.54, 1.807) is 0 Å². The molecule has 8 atom stereocenters. The summed E-state index contributed by atoms with van der Waals surface area (Å²) in [6, 6.07) is 0. The van der Waals surface area contributed by atoms with Gasteiger partial charge in [-0.3, -0.25) is 9.59 Å². The molecule has 0 aromatic heterocycles. The number of fused-ring (bicyclic) bond motifs is 2. The lowest BCUT2D eigenvalue weighted by Crippen LogP contribution is -2.70. The molecule has 2 bridgehead atoms. The Morgan fingerprint density at radius 1 is 1.06 bits per heavy atom. The van der Waals surface area contributed by atoms with E-state index in [4.69, 9.17) is 33.5 Å². The zero-order valence-corrected chi connectivity index (χ0v) is 20.2. The third-order valence-electron chi connectivity index (χ3n) is 7.89. The molecule has 5 rings (SSSR count). The van der Waals surface area contributed by atoms with Crippen LogP contribution in [-0.2, 0) is 43.0 Å². The molecule has 2 unspecified atom stereocenters. The molecule has 1 spiro atoms. The quantitative estimate of drug-likeness (QED) is 0.324. The van der Waals surface area contributed by atoms with E-state index in [0.717, 1.165) is 25.7 Å². The van der Waals surface area contributed by atoms with Crippen molar-refractivity contribution in [3.8, 4) is 0 Å². The van der Waals surface area contributed by atoms with E-state index in [1.807, 2.05) is 13.8 Å². The minimum absolute atomic E-state index is 0.00197. The SMILES string of the molecule is COC(CNC(=O)CCC(=O)O[C@@H]1O[C@@H]2OC3(C)CC[C@H]4[C@H](C)CC[C@@H]([C@H]1C)C24OO3)OC. The Kier molecular flexibility index (Phi) is 7.33. The monoisotopic (exact) mass is 471 g/mol. The standard InChI is InChI=1S/C23H37NO9/c1-13-6-7-16-14(2)20(29-18(26)9-8-17(25)24-12-19(27-4)28-5)30-21-23(16)15(13)10-11-22(3,31-21)32-33-23/h13-16,19-21H,6-12H2,1-5H3,(H,24,25)/t13-,14-,15+,16+,20-,21-,22?,23?/m1/s1. The first-order chi connectivity index (χ1) is 15.7. The number of amides is 1. The molecule has 4 saturated heterocycles. The van der Waals surface area contributed by atoms with E-state index in [0.29, 0.717) is 5.92 Å². The number of carbonyl (C=O) groups excluding carboxylic acids is 2. The summed E-state index contributed by atoms with van der Waals surface area (Å²) in [5.74, 6) is -0.982. The summed E-state index contributed by atoms with van der Waals surface area (Å²) in [6.45, 7) is 6.33. The molecular formula is C23H37NO9. The van der Waals surface area contributed by atoms with Crippen LogP contribution in [0, 0.1) is 23.7 Å². The van der Waals surface area contributed by atoms with Gasteiger partial charge in [0.05, 0.1) is 13.0 Å². The maximum Gasteiger partial charge on any atom is 0.308 e. The Labute approximate surface area is 194 Å². The molecule has 4 aliphatic heterocycles. The fourth-order valence-corrected chi connectivity index (χ4v) is 5.96. The zero-order valence-electron chi connectivity index (χ0n) is 20.2. The summed E-state index contributed by atoms with van der Waals surface area (Å²) >= 11 is 0. The fraction of sp³-hybridized carbons (Fsp3) is 0.913. The highest BCUT2D eigenvalue weighted by molar-refractivity contribution is 5.81. The van der Waals surface area contributed by atoms with Crippen molar-refractivity contribution in [3.05, 3.63) is 0 Å². The molecule has 5 fully saturated rings. The van der Waals surface area contributed by atoms with E-state index in [9.17, 15) is 9.59 Å². The highest BCUT2D eigenvalue weighted by atomic mass is 17.3. The predicted molar refractivity (Wildman–Crippen MR) is 113 cm³/mol. The lowest BCUT2D eigenvalue weighted by molar-refractivity contribution is -0.576. The first kappa shape index (κ1) is 24.8. The highest BCUT2D eigenvalue weighted by Gasteiger charge is 2.69. The lowest BCUT2D eigenvalue weighted by atomic mass is 9.58. The van der Waals surface area contributed by atoms with Crippen molar-refractivity contribution in [2.45, 2.75) is 89.6 Å². The molecule has 1 aliphatic carbocycles. The molecule has 0 aromatic rings. The van der Waals surface area contributed by atoms with Gasteiger partial charge in [0.15, 0.2) is 18.2 Å². The smallest absolute Gasteiger partial charge is 0.308 e. The molecular weight excluding hydrogens is 434 g/mol. The average molecular weight is 472 g/mol. The topological polar surface area (TPSA) is 111 Å². The largest absolute Gasteiger partial charge is 0.435 e. The summed E-state index contributed by atoms with van der Waals surface area (Å²) < 4.78 is 28.3. The summed E-state index contributed by atoms with van der Waals surface area (Å²) in [4.78, 5) is 36.5. The average Bonchev–Trinajstić information content (AvgIpc) is 3.02. The molecule has 10 heteroatoms. The second kappa shape index (κ2) is 9.75. The summed E-state index contributed by atoms with van der Waals surface area (Å²) in [7, 11) is 2.98. The first-order valence-corrected chi connectivity index (χ1v) is 11.9. The number of ether oxygens (including phenoxy) is 5. The van der Waals surface area contributed by atoms with E-state index in [2.05, 4.69) is 12.2 Å². The van der Waals surface area contributed by atoms with Gasteiger partial charge in [0.25, 0.3) is 0 Å². The van der Waals surface area contributed by atoms with Crippen LogP contribution >= 0.6 is 0 Å². The van der Waals surface area contributed by atoms with Crippen LogP contribution in [0.1, 0.15) is 59.3 Å². The first-order valence-electron chi connectivity index (χ1n) is 11.9. The Morgan fingerprint density at radius 3 is 2.55 bits per heavy atom. The van der Waals surface area contributed by atoms with Crippen LogP contribution in [-0.4, -0.2) is 62.9 Å². The van der Waals surface area contributed by atoms with Gasteiger partial charge in [-0.2, -0.15) is 0 Å². The third-order valence-corrected chi connectivity index (χ3v) is 7.89. The maximum absolute atomic E-state index is 12.6. The van der Waals surface area contributed by atoms with Crippen LogP contribution in [0.5, 0.6) is 0 Å². The minimum Gasteiger partial charge on any atom is -0.435 e.